The number of piperidine rings is 1. The summed E-state index contributed by atoms with van der Waals surface area (Å²) in [6.45, 7) is 9.05. The second-order valence-electron chi connectivity index (χ2n) is 7.57. The minimum atomic E-state index is 0.0348. The quantitative estimate of drug-likeness (QED) is 0.913. The van der Waals surface area contributed by atoms with Gasteiger partial charge in [-0.2, -0.15) is 0 Å². The third-order valence-electron chi connectivity index (χ3n) is 5.14. The van der Waals surface area contributed by atoms with Crippen molar-refractivity contribution >= 4 is 11.0 Å². The largest absolute Gasteiger partial charge is 0.328 e. The van der Waals surface area contributed by atoms with Crippen LogP contribution in [-0.4, -0.2) is 39.7 Å². The number of nitrogens with zero attached hydrogens (tertiary/aromatic N) is 3. The van der Waals surface area contributed by atoms with E-state index >= 15 is 0 Å². The molecular formula is C19H30N4O. The molecule has 0 amide bonds. The molecule has 24 heavy (non-hydrogen) atoms. The molecular weight excluding hydrogens is 300 g/mol. The lowest BCUT2D eigenvalue weighted by atomic mass is 10.0. The van der Waals surface area contributed by atoms with Crippen LogP contribution in [0.4, 0.5) is 0 Å². The Morgan fingerprint density at radius 1 is 1.12 bits per heavy atom. The summed E-state index contributed by atoms with van der Waals surface area (Å²) in [6.07, 6.45) is 2.44. The van der Waals surface area contributed by atoms with E-state index in [2.05, 4.69) is 42.3 Å². The van der Waals surface area contributed by atoms with Crippen LogP contribution in [0.5, 0.6) is 0 Å². The van der Waals surface area contributed by atoms with E-state index in [4.69, 9.17) is 0 Å². The Bertz CT molecular complexity index is 751. The second-order valence-corrected chi connectivity index (χ2v) is 7.57. The first-order valence-electron chi connectivity index (χ1n) is 9.05. The number of likely N-dealkylation sites (tertiary alicyclic amines) is 1. The molecule has 0 saturated carbocycles. The van der Waals surface area contributed by atoms with Crippen LogP contribution in [0.25, 0.3) is 11.0 Å². The van der Waals surface area contributed by atoms with Crippen molar-refractivity contribution in [3.63, 3.8) is 0 Å². The monoisotopic (exact) mass is 330 g/mol. The van der Waals surface area contributed by atoms with Gasteiger partial charge in [0.1, 0.15) is 0 Å². The first-order valence-corrected chi connectivity index (χ1v) is 9.05. The summed E-state index contributed by atoms with van der Waals surface area (Å²) in [5.41, 5.74) is 3.28. The van der Waals surface area contributed by atoms with Crippen molar-refractivity contribution in [3.05, 3.63) is 34.2 Å². The number of hydrogen-bond acceptors (Lipinski definition) is 3. The Balaban J connectivity index is 1.59. The molecule has 0 unspecified atom stereocenters. The van der Waals surface area contributed by atoms with Gasteiger partial charge in [0.15, 0.2) is 0 Å². The van der Waals surface area contributed by atoms with Gasteiger partial charge in [0.25, 0.3) is 0 Å². The van der Waals surface area contributed by atoms with E-state index in [0.29, 0.717) is 6.04 Å². The molecule has 1 aliphatic heterocycles. The van der Waals surface area contributed by atoms with E-state index in [1.165, 1.54) is 38.0 Å². The minimum Gasteiger partial charge on any atom is -0.310 e. The highest BCUT2D eigenvalue weighted by Gasteiger charge is 2.19. The fourth-order valence-electron chi connectivity index (χ4n) is 3.76. The standard InChI is InChI=1S/C19H30N4O/c1-14(2)13-23-9-7-16(8-10-23)20-12-15-5-6-17-18(11-15)22(4)19(24)21(17)3/h5-6,11,14,16,20H,7-10,12-13H2,1-4H3. The van der Waals surface area contributed by atoms with E-state index in [1.807, 2.05) is 14.1 Å². The van der Waals surface area contributed by atoms with Crippen LogP contribution in [0.2, 0.25) is 0 Å². The molecule has 5 nitrogen and oxygen atoms in total. The van der Waals surface area contributed by atoms with Crippen LogP contribution in [0.3, 0.4) is 0 Å². The molecule has 1 aliphatic rings. The number of aryl methyl sites for hydroxylation is 2. The summed E-state index contributed by atoms with van der Waals surface area (Å²) in [6, 6.07) is 6.92. The molecule has 0 radical (unpaired) electrons. The van der Waals surface area contributed by atoms with Crippen molar-refractivity contribution in [1.82, 2.24) is 19.4 Å². The second kappa shape index (κ2) is 7.11. The first-order chi connectivity index (χ1) is 11.5. The molecule has 0 aliphatic carbocycles. The van der Waals surface area contributed by atoms with Crippen LogP contribution in [0, 0.1) is 5.92 Å². The van der Waals surface area contributed by atoms with Crippen molar-refractivity contribution < 1.29 is 0 Å². The summed E-state index contributed by atoms with van der Waals surface area (Å²) in [4.78, 5) is 14.6. The Labute approximate surface area is 144 Å². The van der Waals surface area contributed by atoms with Crippen LogP contribution < -0.4 is 11.0 Å². The maximum absolute atomic E-state index is 12.0. The first kappa shape index (κ1) is 17.2. The Morgan fingerprint density at radius 2 is 1.79 bits per heavy atom. The fourth-order valence-corrected chi connectivity index (χ4v) is 3.76. The summed E-state index contributed by atoms with van der Waals surface area (Å²) >= 11 is 0. The molecule has 2 aromatic rings. The molecule has 1 N–H and O–H groups in total. The topological polar surface area (TPSA) is 42.2 Å². The number of hydrogen-bond donors (Lipinski definition) is 1. The highest BCUT2D eigenvalue weighted by atomic mass is 16.1. The predicted molar refractivity (Wildman–Crippen MR) is 99.3 cm³/mol. The summed E-state index contributed by atoms with van der Waals surface area (Å²) in [5, 5.41) is 3.70. The molecule has 0 spiro atoms. The van der Waals surface area contributed by atoms with Gasteiger partial charge in [0.05, 0.1) is 11.0 Å². The van der Waals surface area contributed by atoms with Gasteiger partial charge in [0.2, 0.25) is 0 Å². The molecule has 132 valence electrons. The fraction of sp³-hybridized carbons (Fsp3) is 0.632. The SMILES string of the molecule is CC(C)CN1CCC(NCc2ccc3c(c2)n(C)c(=O)n3C)CC1. The van der Waals surface area contributed by atoms with Gasteiger partial charge in [-0.25, -0.2) is 4.79 Å². The molecule has 3 rings (SSSR count). The zero-order valence-corrected chi connectivity index (χ0v) is 15.4. The molecule has 1 saturated heterocycles. The van der Waals surface area contributed by atoms with Crippen LogP contribution >= 0.6 is 0 Å². The van der Waals surface area contributed by atoms with Gasteiger partial charge >= 0.3 is 5.69 Å². The molecule has 5 heteroatoms. The Kier molecular flexibility index (Phi) is 5.11. The number of aromatic nitrogens is 2. The predicted octanol–water partition coefficient (Wildman–Crippen LogP) is 2.09. The van der Waals surface area contributed by atoms with E-state index in [-0.39, 0.29) is 5.69 Å². The van der Waals surface area contributed by atoms with Gasteiger partial charge in [-0.05, 0) is 49.5 Å². The van der Waals surface area contributed by atoms with E-state index in [9.17, 15) is 4.79 Å². The molecule has 1 aromatic carbocycles. The summed E-state index contributed by atoms with van der Waals surface area (Å²) in [5.74, 6) is 0.749. The highest BCUT2D eigenvalue weighted by molar-refractivity contribution is 5.76. The minimum absolute atomic E-state index is 0.0348. The van der Waals surface area contributed by atoms with E-state index in [1.54, 1.807) is 9.13 Å². The van der Waals surface area contributed by atoms with Gasteiger partial charge in [-0.3, -0.25) is 9.13 Å². The van der Waals surface area contributed by atoms with Crippen molar-refractivity contribution in [3.8, 4) is 0 Å². The van der Waals surface area contributed by atoms with E-state index in [0.717, 1.165) is 23.5 Å². The lowest BCUT2D eigenvalue weighted by Gasteiger charge is -2.33. The van der Waals surface area contributed by atoms with Crippen molar-refractivity contribution in [2.75, 3.05) is 19.6 Å². The number of fused-ring (bicyclic) bond motifs is 1. The Hall–Kier alpha value is -1.59. The van der Waals surface area contributed by atoms with Gasteiger partial charge in [-0.15, -0.1) is 0 Å². The van der Waals surface area contributed by atoms with Gasteiger partial charge < -0.3 is 10.2 Å². The van der Waals surface area contributed by atoms with E-state index < -0.39 is 0 Å². The average molecular weight is 330 g/mol. The van der Waals surface area contributed by atoms with Crippen molar-refractivity contribution in [2.45, 2.75) is 39.3 Å². The number of nitrogens with one attached hydrogen (secondary N) is 1. The summed E-state index contributed by atoms with van der Waals surface area (Å²) in [7, 11) is 3.67. The molecule has 0 atom stereocenters. The molecule has 1 aromatic heterocycles. The van der Waals surface area contributed by atoms with Crippen LogP contribution in [-0.2, 0) is 20.6 Å². The number of rotatable bonds is 5. The third kappa shape index (κ3) is 3.57. The average Bonchev–Trinajstić information content (AvgIpc) is 2.78. The van der Waals surface area contributed by atoms with Crippen molar-refractivity contribution in [1.29, 1.82) is 0 Å². The number of benzene rings is 1. The molecule has 2 heterocycles. The highest BCUT2D eigenvalue weighted by Crippen LogP contribution is 2.16. The maximum atomic E-state index is 12.0. The van der Waals surface area contributed by atoms with Crippen LogP contribution in [0.15, 0.2) is 23.0 Å². The molecule has 1 fully saturated rings. The van der Waals surface area contributed by atoms with Gasteiger partial charge in [-0.1, -0.05) is 19.9 Å². The van der Waals surface area contributed by atoms with Crippen molar-refractivity contribution in [2.24, 2.45) is 20.0 Å². The maximum Gasteiger partial charge on any atom is 0.328 e. The Morgan fingerprint density at radius 3 is 2.46 bits per heavy atom. The normalized spacial score (nSPS) is 17.2. The summed E-state index contributed by atoms with van der Waals surface area (Å²) < 4.78 is 3.43. The lowest BCUT2D eigenvalue weighted by Crippen LogP contribution is -2.43. The molecule has 0 bridgehead atoms. The third-order valence-corrected chi connectivity index (χ3v) is 5.14. The van der Waals surface area contributed by atoms with Gasteiger partial charge in [0, 0.05) is 33.2 Å². The zero-order chi connectivity index (χ0) is 17.3. The lowest BCUT2D eigenvalue weighted by molar-refractivity contribution is 0.179. The van der Waals surface area contributed by atoms with Crippen LogP contribution in [0.1, 0.15) is 32.3 Å². The number of imidazole rings is 1. The smallest absolute Gasteiger partial charge is 0.310 e. The zero-order valence-electron chi connectivity index (χ0n) is 15.4.